The number of anilines is 1. The summed E-state index contributed by atoms with van der Waals surface area (Å²) in [6, 6.07) is 22.2. The van der Waals surface area contributed by atoms with Gasteiger partial charge in [-0.3, -0.25) is 9.59 Å². The zero-order chi connectivity index (χ0) is 21.1. The molecule has 1 heterocycles. The molecule has 150 valence electrons. The van der Waals surface area contributed by atoms with Gasteiger partial charge in [0, 0.05) is 10.6 Å². The Balaban J connectivity index is 1.58. The summed E-state index contributed by atoms with van der Waals surface area (Å²) in [7, 11) is 0. The van der Waals surface area contributed by atoms with Crippen molar-refractivity contribution in [3.63, 3.8) is 0 Å². The molecule has 30 heavy (non-hydrogen) atoms. The Labute approximate surface area is 184 Å². The predicted molar refractivity (Wildman–Crippen MR) is 122 cm³/mol. The lowest BCUT2D eigenvalue weighted by Gasteiger charge is -2.14. The highest BCUT2D eigenvalue weighted by molar-refractivity contribution is 8.19. The number of hydrogen-bond donors (Lipinski definition) is 0. The average Bonchev–Trinajstić information content (AvgIpc) is 3.02. The monoisotopic (exact) mass is 435 g/mol. The molecule has 1 aliphatic heterocycles. The molecule has 2 amide bonds. The van der Waals surface area contributed by atoms with Crippen LogP contribution >= 0.6 is 23.4 Å². The van der Waals surface area contributed by atoms with Crippen LogP contribution in [-0.2, 0) is 11.4 Å². The first kappa shape index (κ1) is 20.3. The lowest BCUT2D eigenvalue weighted by Crippen LogP contribution is -2.28. The van der Waals surface area contributed by atoms with Gasteiger partial charge in [0.2, 0.25) is 0 Å². The maximum Gasteiger partial charge on any atom is 0.298 e. The Morgan fingerprint density at radius 1 is 0.967 bits per heavy atom. The van der Waals surface area contributed by atoms with Gasteiger partial charge >= 0.3 is 0 Å². The van der Waals surface area contributed by atoms with Gasteiger partial charge in [0.25, 0.3) is 11.1 Å². The zero-order valence-electron chi connectivity index (χ0n) is 16.2. The maximum absolute atomic E-state index is 13.0. The van der Waals surface area contributed by atoms with E-state index in [2.05, 4.69) is 0 Å². The molecule has 0 bridgehead atoms. The second-order valence-electron chi connectivity index (χ2n) is 6.76. The number of ether oxygens (including phenoxy) is 1. The predicted octanol–water partition coefficient (Wildman–Crippen LogP) is 6.47. The highest BCUT2D eigenvalue weighted by Gasteiger charge is 2.37. The molecule has 0 N–H and O–H groups in total. The van der Waals surface area contributed by atoms with Gasteiger partial charge in [0.15, 0.2) is 0 Å². The summed E-state index contributed by atoms with van der Waals surface area (Å²) in [5.41, 5.74) is 3.19. The molecule has 0 atom stereocenters. The van der Waals surface area contributed by atoms with Crippen LogP contribution in [0.15, 0.2) is 77.7 Å². The van der Waals surface area contributed by atoms with Crippen molar-refractivity contribution in [3.8, 4) is 5.75 Å². The number of halogens is 1. The summed E-state index contributed by atoms with van der Waals surface area (Å²) < 4.78 is 5.96. The molecule has 3 aromatic carbocycles. The summed E-state index contributed by atoms with van der Waals surface area (Å²) in [4.78, 5) is 27.1. The second-order valence-corrected chi connectivity index (χ2v) is 8.19. The molecule has 1 saturated heterocycles. The number of hydrogen-bond acceptors (Lipinski definition) is 4. The van der Waals surface area contributed by atoms with Gasteiger partial charge in [0.1, 0.15) is 12.4 Å². The van der Waals surface area contributed by atoms with E-state index in [1.54, 1.807) is 12.1 Å². The molecule has 4 nitrogen and oxygen atoms in total. The van der Waals surface area contributed by atoms with E-state index in [1.165, 1.54) is 4.90 Å². The third-order valence-corrected chi connectivity index (χ3v) is 5.78. The van der Waals surface area contributed by atoms with Crippen molar-refractivity contribution >= 4 is 46.3 Å². The first-order valence-electron chi connectivity index (χ1n) is 9.33. The number of nitrogens with zero attached hydrogens (tertiary/aromatic N) is 1. The van der Waals surface area contributed by atoms with Crippen molar-refractivity contribution in [1.29, 1.82) is 0 Å². The highest BCUT2D eigenvalue weighted by atomic mass is 35.5. The third kappa shape index (κ3) is 4.27. The third-order valence-electron chi connectivity index (χ3n) is 4.66. The molecule has 6 heteroatoms. The van der Waals surface area contributed by atoms with Crippen LogP contribution in [0.4, 0.5) is 10.5 Å². The molecular weight excluding hydrogens is 418 g/mol. The fourth-order valence-corrected chi connectivity index (χ4v) is 4.06. The lowest BCUT2D eigenvalue weighted by atomic mass is 10.1. The molecule has 4 rings (SSSR count). The SMILES string of the molecule is Cc1ccccc1N1C(=O)S/C(=C\c2ccccc2OCc2ccc(Cl)cc2)C1=O. The summed E-state index contributed by atoms with van der Waals surface area (Å²) in [6.07, 6.45) is 1.71. The normalized spacial score (nSPS) is 15.1. The topological polar surface area (TPSA) is 46.6 Å². The zero-order valence-corrected chi connectivity index (χ0v) is 17.7. The van der Waals surface area contributed by atoms with Gasteiger partial charge in [-0.15, -0.1) is 0 Å². The minimum Gasteiger partial charge on any atom is -0.488 e. The Hall–Kier alpha value is -3.02. The Kier molecular flexibility index (Phi) is 5.93. The van der Waals surface area contributed by atoms with E-state index in [4.69, 9.17) is 16.3 Å². The highest BCUT2D eigenvalue weighted by Crippen LogP contribution is 2.38. The number of amides is 2. The number of thioether (sulfide) groups is 1. The molecule has 0 aromatic heterocycles. The minimum absolute atomic E-state index is 0.305. The molecule has 1 fully saturated rings. The van der Waals surface area contributed by atoms with E-state index < -0.39 is 0 Å². The van der Waals surface area contributed by atoms with Crippen molar-refractivity contribution in [2.75, 3.05) is 4.90 Å². The fourth-order valence-electron chi connectivity index (χ4n) is 3.10. The molecular formula is C24H18ClNO3S. The molecule has 3 aromatic rings. The number of carbonyl (C=O) groups excluding carboxylic acids is 2. The molecule has 0 unspecified atom stereocenters. The van der Waals surface area contributed by atoms with E-state index in [1.807, 2.05) is 73.7 Å². The van der Waals surface area contributed by atoms with Crippen LogP contribution < -0.4 is 9.64 Å². The van der Waals surface area contributed by atoms with Gasteiger partial charge in [-0.25, -0.2) is 4.90 Å². The second kappa shape index (κ2) is 8.78. The Morgan fingerprint density at radius 2 is 1.67 bits per heavy atom. The van der Waals surface area contributed by atoms with Gasteiger partial charge in [0.05, 0.1) is 10.6 Å². The van der Waals surface area contributed by atoms with Crippen molar-refractivity contribution < 1.29 is 14.3 Å². The van der Waals surface area contributed by atoms with Gasteiger partial charge in [-0.05, 0) is 60.2 Å². The van der Waals surface area contributed by atoms with E-state index in [9.17, 15) is 9.59 Å². The molecule has 0 spiro atoms. The van der Waals surface area contributed by atoms with Crippen LogP contribution in [0, 0.1) is 6.92 Å². The van der Waals surface area contributed by atoms with Crippen molar-refractivity contribution in [2.45, 2.75) is 13.5 Å². The Bertz CT molecular complexity index is 1140. The average molecular weight is 436 g/mol. The summed E-state index contributed by atoms with van der Waals surface area (Å²) in [5.74, 6) is 0.307. The van der Waals surface area contributed by atoms with E-state index in [0.717, 1.165) is 28.5 Å². The number of rotatable bonds is 5. The van der Waals surface area contributed by atoms with Crippen molar-refractivity contribution in [1.82, 2.24) is 0 Å². The Morgan fingerprint density at radius 3 is 2.43 bits per heavy atom. The van der Waals surface area contributed by atoms with E-state index in [-0.39, 0.29) is 11.1 Å². The standard InChI is InChI=1S/C24H18ClNO3S/c1-16-6-2-4-8-20(16)26-23(27)22(30-24(26)28)14-18-7-3-5-9-21(18)29-15-17-10-12-19(25)13-11-17/h2-14H,15H2,1H3/b22-14-. The van der Waals surface area contributed by atoms with Crippen LogP contribution in [-0.4, -0.2) is 11.1 Å². The van der Waals surface area contributed by atoms with Crippen LogP contribution in [0.3, 0.4) is 0 Å². The molecule has 0 radical (unpaired) electrons. The molecule has 0 saturated carbocycles. The lowest BCUT2D eigenvalue weighted by molar-refractivity contribution is -0.113. The number of imide groups is 1. The number of carbonyl (C=O) groups is 2. The van der Waals surface area contributed by atoms with Crippen molar-refractivity contribution in [3.05, 3.63) is 99.4 Å². The van der Waals surface area contributed by atoms with Gasteiger partial charge in [-0.2, -0.15) is 0 Å². The van der Waals surface area contributed by atoms with Gasteiger partial charge < -0.3 is 4.74 Å². The molecule has 1 aliphatic rings. The summed E-state index contributed by atoms with van der Waals surface area (Å²) in [5, 5.41) is 0.364. The molecule has 0 aliphatic carbocycles. The number of aryl methyl sites for hydroxylation is 1. The summed E-state index contributed by atoms with van der Waals surface area (Å²) in [6.45, 7) is 2.24. The quantitative estimate of drug-likeness (QED) is 0.431. The van der Waals surface area contributed by atoms with Crippen molar-refractivity contribution in [2.24, 2.45) is 0 Å². The number of benzene rings is 3. The van der Waals surface area contributed by atoms with Crippen LogP contribution in [0.5, 0.6) is 5.75 Å². The fraction of sp³-hybridized carbons (Fsp3) is 0.0833. The van der Waals surface area contributed by atoms with Gasteiger partial charge in [-0.1, -0.05) is 60.1 Å². The summed E-state index contributed by atoms with van der Waals surface area (Å²) >= 11 is 6.86. The van der Waals surface area contributed by atoms with Crippen LogP contribution in [0.2, 0.25) is 5.02 Å². The smallest absolute Gasteiger partial charge is 0.298 e. The van der Waals surface area contributed by atoms with E-state index in [0.29, 0.717) is 28.0 Å². The van der Waals surface area contributed by atoms with E-state index >= 15 is 0 Å². The maximum atomic E-state index is 13.0. The first-order valence-corrected chi connectivity index (χ1v) is 10.5. The van der Waals surface area contributed by atoms with Crippen LogP contribution in [0.1, 0.15) is 16.7 Å². The number of para-hydroxylation sites is 2. The van der Waals surface area contributed by atoms with Crippen LogP contribution in [0.25, 0.3) is 6.08 Å². The first-order chi connectivity index (χ1) is 14.5. The largest absolute Gasteiger partial charge is 0.488 e. The minimum atomic E-state index is -0.327.